The molecule has 0 unspecified atom stereocenters. The van der Waals surface area contributed by atoms with Crippen molar-refractivity contribution >= 4 is 0 Å². The lowest BCUT2D eigenvalue weighted by Crippen LogP contribution is -2.30. The molecule has 0 saturated heterocycles. The molecule has 2 aromatic rings. The Morgan fingerprint density at radius 1 is 1.19 bits per heavy atom. The molecule has 0 aromatic heterocycles. The van der Waals surface area contributed by atoms with E-state index in [2.05, 4.69) is 35.2 Å². The second-order valence-electron chi connectivity index (χ2n) is 7.89. The molecular formula is C22H26F2N2O. The summed E-state index contributed by atoms with van der Waals surface area (Å²) in [6.07, 6.45) is 0.905. The van der Waals surface area contributed by atoms with E-state index in [1.807, 2.05) is 19.1 Å². The molecule has 2 aliphatic rings. The van der Waals surface area contributed by atoms with Gasteiger partial charge in [0.15, 0.2) is 0 Å². The molecule has 0 amide bonds. The second kappa shape index (κ2) is 7.21. The lowest BCUT2D eigenvalue weighted by atomic mass is 9.98. The number of nitrogens with zero attached hydrogens (tertiary/aromatic N) is 1. The van der Waals surface area contributed by atoms with Crippen molar-refractivity contribution in [3.05, 3.63) is 64.7 Å². The topological polar surface area (TPSA) is 38.5 Å². The monoisotopic (exact) mass is 372 g/mol. The Bertz CT molecular complexity index is 804. The van der Waals surface area contributed by atoms with Crippen molar-refractivity contribution in [2.45, 2.75) is 44.8 Å². The SMILES string of the molecule is C[C@H](N)c1ccc(CN2CCc3cc(OC[C@@H]4CC4(F)F)ccc3C2)cc1. The molecule has 2 N–H and O–H groups in total. The number of hydrogen-bond donors (Lipinski definition) is 1. The van der Waals surface area contributed by atoms with Crippen molar-refractivity contribution in [1.82, 2.24) is 4.90 Å². The first kappa shape index (κ1) is 18.4. The van der Waals surface area contributed by atoms with E-state index >= 15 is 0 Å². The van der Waals surface area contributed by atoms with E-state index in [9.17, 15) is 8.78 Å². The van der Waals surface area contributed by atoms with Gasteiger partial charge in [-0.15, -0.1) is 0 Å². The Hall–Kier alpha value is -1.98. The third-order valence-corrected chi connectivity index (χ3v) is 5.59. The van der Waals surface area contributed by atoms with Gasteiger partial charge >= 0.3 is 0 Å². The predicted molar refractivity (Wildman–Crippen MR) is 102 cm³/mol. The summed E-state index contributed by atoms with van der Waals surface area (Å²) in [5, 5.41) is 0. The van der Waals surface area contributed by atoms with Crippen LogP contribution in [0.25, 0.3) is 0 Å². The number of rotatable bonds is 6. The van der Waals surface area contributed by atoms with Crippen LogP contribution in [-0.2, 0) is 19.5 Å². The maximum Gasteiger partial charge on any atom is 0.255 e. The molecule has 1 aliphatic carbocycles. The zero-order chi connectivity index (χ0) is 19.0. The number of nitrogens with two attached hydrogens (primary N) is 1. The molecule has 1 heterocycles. The second-order valence-corrected chi connectivity index (χ2v) is 7.89. The maximum absolute atomic E-state index is 13.0. The van der Waals surface area contributed by atoms with Gasteiger partial charge in [0.2, 0.25) is 0 Å². The summed E-state index contributed by atoms with van der Waals surface area (Å²) in [5.74, 6) is -2.43. The highest BCUT2D eigenvalue weighted by molar-refractivity contribution is 5.37. The lowest BCUT2D eigenvalue weighted by molar-refractivity contribution is 0.0856. The van der Waals surface area contributed by atoms with Crippen molar-refractivity contribution < 1.29 is 13.5 Å². The van der Waals surface area contributed by atoms with E-state index in [4.69, 9.17) is 10.5 Å². The fourth-order valence-corrected chi connectivity index (χ4v) is 3.64. The fraction of sp³-hybridized carbons (Fsp3) is 0.455. The Labute approximate surface area is 159 Å². The van der Waals surface area contributed by atoms with Gasteiger partial charge in [-0.3, -0.25) is 4.90 Å². The highest BCUT2D eigenvalue weighted by Crippen LogP contribution is 2.48. The minimum Gasteiger partial charge on any atom is -0.493 e. The number of halogens is 2. The average molecular weight is 372 g/mol. The smallest absolute Gasteiger partial charge is 0.255 e. The molecule has 2 aromatic carbocycles. The summed E-state index contributed by atoms with van der Waals surface area (Å²) in [5.41, 5.74) is 10.9. The standard InChI is InChI=1S/C22H26F2N2O/c1-15(25)17-4-2-16(3-5-17)12-26-9-8-18-10-21(7-6-19(18)13-26)27-14-20-11-22(20,23)24/h2-7,10,15,20H,8-9,11-14,25H2,1H3/t15-,20-/m0/s1. The van der Waals surface area contributed by atoms with Gasteiger partial charge < -0.3 is 10.5 Å². The van der Waals surface area contributed by atoms with Crippen molar-refractivity contribution in [1.29, 1.82) is 0 Å². The molecule has 0 spiro atoms. The van der Waals surface area contributed by atoms with Gasteiger partial charge in [-0.1, -0.05) is 30.3 Å². The van der Waals surface area contributed by atoms with Crippen molar-refractivity contribution in [2.75, 3.05) is 13.2 Å². The minimum atomic E-state index is -2.52. The molecule has 0 radical (unpaired) electrons. The number of ether oxygens (including phenoxy) is 1. The minimum absolute atomic E-state index is 0.0436. The van der Waals surface area contributed by atoms with Gasteiger partial charge in [0.1, 0.15) is 5.75 Å². The first-order chi connectivity index (χ1) is 12.9. The van der Waals surface area contributed by atoms with Crippen molar-refractivity contribution in [3.63, 3.8) is 0 Å². The van der Waals surface area contributed by atoms with Crippen LogP contribution in [0.2, 0.25) is 0 Å². The lowest BCUT2D eigenvalue weighted by Gasteiger charge is -2.29. The maximum atomic E-state index is 13.0. The van der Waals surface area contributed by atoms with E-state index in [-0.39, 0.29) is 19.1 Å². The molecule has 5 heteroatoms. The van der Waals surface area contributed by atoms with E-state index in [1.165, 1.54) is 16.7 Å². The normalized spacial score (nSPS) is 22.1. The highest BCUT2D eigenvalue weighted by atomic mass is 19.3. The summed E-state index contributed by atoms with van der Waals surface area (Å²) < 4.78 is 31.5. The summed E-state index contributed by atoms with van der Waals surface area (Å²) in [4.78, 5) is 2.43. The summed E-state index contributed by atoms with van der Waals surface area (Å²) in [7, 11) is 0. The highest BCUT2D eigenvalue weighted by Gasteiger charge is 2.57. The predicted octanol–water partition coefficient (Wildman–Crippen LogP) is 4.30. The number of alkyl halides is 2. The van der Waals surface area contributed by atoms with Crippen LogP contribution in [0.3, 0.4) is 0 Å². The van der Waals surface area contributed by atoms with Crippen LogP contribution in [0, 0.1) is 5.92 Å². The molecule has 0 bridgehead atoms. The van der Waals surface area contributed by atoms with Gasteiger partial charge in [0.05, 0.1) is 12.5 Å². The number of fused-ring (bicyclic) bond motifs is 1. The Morgan fingerprint density at radius 2 is 1.93 bits per heavy atom. The van der Waals surface area contributed by atoms with Gasteiger partial charge in [-0.25, -0.2) is 8.78 Å². The first-order valence-corrected chi connectivity index (χ1v) is 9.60. The largest absolute Gasteiger partial charge is 0.493 e. The van der Waals surface area contributed by atoms with Crippen molar-refractivity contribution in [2.24, 2.45) is 11.7 Å². The van der Waals surface area contributed by atoms with Crippen LogP contribution in [0.4, 0.5) is 8.78 Å². The van der Waals surface area contributed by atoms with Crippen LogP contribution < -0.4 is 10.5 Å². The molecule has 27 heavy (non-hydrogen) atoms. The fourth-order valence-electron chi connectivity index (χ4n) is 3.64. The van der Waals surface area contributed by atoms with E-state index in [1.54, 1.807) is 0 Å². The summed E-state index contributed by atoms with van der Waals surface area (Å²) >= 11 is 0. The van der Waals surface area contributed by atoms with Gasteiger partial charge in [-0.2, -0.15) is 0 Å². The van der Waals surface area contributed by atoms with Crippen molar-refractivity contribution in [3.8, 4) is 5.75 Å². The Balaban J connectivity index is 1.34. The van der Waals surface area contributed by atoms with Crippen LogP contribution in [0.1, 0.15) is 41.6 Å². The zero-order valence-electron chi connectivity index (χ0n) is 15.6. The van der Waals surface area contributed by atoms with Crippen LogP contribution in [0.15, 0.2) is 42.5 Å². The van der Waals surface area contributed by atoms with E-state index in [0.29, 0.717) is 5.75 Å². The van der Waals surface area contributed by atoms with Crippen LogP contribution >= 0.6 is 0 Å². The van der Waals surface area contributed by atoms with E-state index in [0.717, 1.165) is 31.6 Å². The van der Waals surface area contributed by atoms with Gasteiger partial charge in [-0.05, 0) is 47.7 Å². The first-order valence-electron chi connectivity index (χ1n) is 9.60. The number of hydrogen-bond acceptors (Lipinski definition) is 3. The quantitative estimate of drug-likeness (QED) is 0.822. The molecule has 1 saturated carbocycles. The molecule has 144 valence electrons. The van der Waals surface area contributed by atoms with Gasteiger partial charge in [0, 0.05) is 32.1 Å². The molecule has 1 aliphatic heterocycles. The number of benzene rings is 2. The molecular weight excluding hydrogens is 346 g/mol. The van der Waals surface area contributed by atoms with Crippen LogP contribution in [0.5, 0.6) is 5.75 Å². The summed E-state index contributed by atoms with van der Waals surface area (Å²) in [6, 6.07) is 14.6. The third kappa shape index (κ3) is 4.30. The molecule has 3 nitrogen and oxygen atoms in total. The third-order valence-electron chi connectivity index (χ3n) is 5.59. The molecule has 2 atom stereocenters. The zero-order valence-corrected chi connectivity index (χ0v) is 15.6. The Kier molecular flexibility index (Phi) is 4.91. The van der Waals surface area contributed by atoms with E-state index < -0.39 is 11.8 Å². The van der Waals surface area contributed by atoms with Gasteiger partial charge in [0.25, 0.3) is 5.92 Å². The Morgan fingerprint density at radius 3 is 2.59 bits per heavy atom. The average Bonchev–Trinajstić information content (AvgIpc) is 3.27. The molecule has 4 rings (SSSR count). The van der Waals surface area contributed by atoms with Crippen LogP contribution in [-0.4, -0.2) is 24.0 Å². The summed E-state index contributed by atoms with van der Waals surface area (Å²) in [6.45, 7) is 4.88. The molecule has 1 fully saturated rings.